The lowest BCUT2D eigenvalue weighted by atomic mass is 9.98. The number of rotatable bonds is 0. The SMILES string of the molecule is c1cc2ccc3cc2cc1CCc1ccc2ccc(cc2c1)OC3. The molecule has 0 N–H and O–H groups in total. The fourth-order valence-corrected chi connectivity index (χ4v) is 3.57. The second-order valence-corrected chi connectivity index (χ2v) is 6.65. The third-order valence-electron chi connectivity index (χ3n) is 4.95. The van der Waals surface area contributed by atoms with E-state index in [0.717, 1.165) is 18.6 Å². The van der Waals surface area contributed by atoms with E-state index in [-0.39, 0.29) is 0 Å². The Morgan fingerprint density at radius 2 is 1.04 bits per heavy atom. The fourth-order valence-electron chi connectivity index (χ4n) is 3.57. The highest BCUT2D eigenvalue weighted by molar-refractivity contribution is 5.85. The normalized spacial score (nSPS) is 13.7. The molecule has 1 nitrogen and oxygen atoms in total. The molecule has 5 rings (SSSR count). The van der Waals surface area contributed by atoms with Crippen LogP contribution in [-0.4, -0.2) is 0 Å². The van der Waals surface area contributed by atoms with Crippen LogP contribution in [0.25, 0.3) is 21.5 Å². The van der Waals surface area contributed by atoms with Crippen LogP contribution in [0.15, 0.2) is 72.8 Å². The highest BCUT2D eigenvalue weighted by Gasteiger charge is 2.05. The fraction of sp³-hybridized carbons (Fsp3) is 0.130. The van der Waals surface area contributed by atoms with Gasteiger partial charge in [0.05, 0.1) is 0 Å². The van der Waals surface area contributed by atoms with Crippen LogP contribution in [0.3, 0.4) is 0 Å². The lowest BCUT2D eigenvalue weighted by Crippen LogP contribution is -1.97. The number of aryl methyl sites for hydroxylation is 2. The average Bonchev–Trinajstić information content (AvgIpc) is 2.63. The van der Waals surface area contributed by atoms with Crippen LogP contribution in [0, 0.1) is 0 Å². The Hall–Kier alpha value is -2.80. The molecule has 0 spiro atoms. The zero-order chi connectivity index (χ0) is 15.9. The number of fused-ring (bicyclic) bond motifs is 4. The molecule has 4 aromatic rings. The number of benzene rings is 4. The van der Waals surface area contributed by atoms with E-state index in [4.69, 9.17) is 4.74 Å². The van der Waals surface area contributed by atoms with Crippen LogP contribution in [0.5, 0.6) is 5.75 Å². The van der Waals surface area contributed by atoms with Gasteiger partial charge in [-0.25, -0.2) is 0 Å². The summed E-state index contributed by atoms with van der Waals surface area (Å²) >= 11 is 0. The van der Waals surface area contributed by atoms with E-state index in [9.17, 15) is 0 Å². The van der Waals surface area contributed by atoms with Crippen molar-refractivity contribution in [3.63, 3.8) is 0 Å². The monoisotopic (exact) mass is 310 g/mol. The summed E-state index contributed by atoms with van der Waals surface area (Å²) in [6.45, 7) is 0.603. The largest absolute Gasteiger partial charge is 0.489 e. The highest BCUT2D eigenvalue weighted by atomic mass is 16.5. The standard InChI is InChI=1S/C23H18O/c1-2-17-4-7-20-9-10-23(14-22(20)12-17)24-15-18-5-8-19-6-3-16(1)11-21(19)13-18/h3-14H,1-2,15H2. The van der Waals surface area contributed by atoms with Crippen LogP contribution in [-0.2, 0) is 19.4 Å². The van der Waals surface area contributed by atoms with E-state index in [1.54, 1.807) is 0 Å². The molecule has 4 aromatic carbocycles. The molecule has 1 heteroatoms. The van der Waals surface area contributed by atoms with E-state index in [1.165, 1.54) is 38.2 Å². The molecule has 0 aromatic heterocycles. The van der Waals surface area contributed by atoms with Gasteiger partial charge in [-0.3, -0.25) is 0 Å². The van der Waals surface area contributed by atoms with Crippen LogP contribution in [0.4, 0.5) is 0 Å². The lowest BCUT2D eigenvalue weighted by molar-refractivity contribution is 0.307. The van der Waals surface area contributed by atoms with Crippen molar-refractivity contribution in [2.75, 3.05) is 0 Å². The Kier molecular flexibility index (Phi) is 3.05. The molecule has 0 saturated carbocycles. The number of ether oxygens (including phenoxy) is 1. The van der Waals surface area contributed by atoms with Crippen molar-refractivity contribution in [1.82, 2.24) is 0 Å². The summed E-state index contributed by atoms with van der Waals surface area (Å²) in [4.78, 5) is 0. The maximum absolute atomic E-state index is 6.04. The van der Waals surface area contributed by atoms with Crippen molar-refractivity contribution < 1.29 is 4.74 Å². The van der Waals surface area contributed by atoms with Gasteiger partial charge >= 0.3 is 0 Å². The highest BCUT2D eigenvalue weighted by Crippen LogP contribution is 2.25. The molecule has 1 aliphatic rings. The molecule has 1 heterocycles. The van der Waals surface area contributed by atoms with Crippen molar-refractivity contribution >= 4 is 21.5 Å². The summed E-state index contributed by atoms with van der Waals surface area (Å²) < 4.78 is 6.04. The molecule has 0 aliphatic carbocycles. The van der Waals surface area contributed by atoms with Gasteiger partial charge < -0.3 is 4.74 Å². The second kappa shape index (κ2) is 5.38. The van der Waals surface area contributed by atoms with E-state index < -0.39 is 0 Å². The van der Waals surface area contributed by atoms with Crippen LogP contribution >= 0.6 is 0 Å². The van der Waals surface area contributed by atoms with Gasteiger partial charge in [0.2, 0.25) is 0 Å². The molecule has 0 saturated heterocycles. The third kappa shape index (κ3) is 2.43. The molecule has 24 heavy (non-hydrogen) atoms. The Morgan fingerprint density at radius 3 is 1.75 bits per heavy atom. The first-order chi connectivity index (χ1) is 11.8. The first-order valence-corrected chi connectivity index (χ1v) is 8.51. The second-order valence-electron chi connectivity index (χ2n) is 6.65. The number of hydrogen-bond donors (Lipinski definition) is 0. The zero-order valence-electron chi connectivity index (χ0n) is 13.5. The van der Waals surface area contributed by atoms with Gasteiger partial charge in [0.1, 0.15) is 12.4 Å². The molecule has 0 fully saturated rings. The van der Waals surface area contributed by atoms with Crippen LogP contribution in [0.1, 0.15) is 16.7 Å². The summed E-state index contributed by atoms with van der Waals surface area (Å²) in [5.74, 6) is 0.936. The molecule has 1 aliphatic heterocycles. The van der Waals surface area contributed by atoms with E-state index in [2.05, 4.69) is 72.8 Å². The molecular weight excluding hydrogens is 292 g/mol. The van der Waals surface area contributed by atoms with Gasteiger partial charge in [-0.15, -0.1) is 0 Å². The van der Waals surface area contributed by atoms with Crippen LogP contribution < -0.4 is 4.74 Å². The van der Waals surface area contributed by atoms with Gasteiger partial charge in [-0.1, -0.05) is 54.6 Å². The van der Waals surface area contributed by atoms with Gasteiger partial charge in [0.15, 0.2) is 0 Å². The first-order valence-electron chi connectivity index (χ1n) is 8.51. The smallest absolute Gasteiger partial charge is 0.120 e. The summed E-state index contributed by atoms with van der Waals surface area (Å²) in [5, 5.41) is 5.11. The number of hydrogen-bond acceptors (Lipinski definition) is 1. The topological polar surface area (TPSA) is 9.23 Å². The molecular formula is C23H18O. The maximum Gasteiger partial charge on any atom is 0.120 e. The van der Waals surface area contributed by atoms with Crippen molar-refractivity contribution in [1.29, 1.82) is 0 Å². The summed E-state index contributed by atoms with van der Waals surface area (Å²) in [6.07, 6.45) is 2.13. The molecule has 0 atom stereocenters. The first kappa shape index (κ1) is 13.6. The van der Waals surface area contributed by atoms with Crippen molar-refractivity contribution in [2.24, 2.45) is 0 Å². The van der Waals surface area contributed by atoms with E-state index in [0.29, 0.717) is 6.61 Å². The van der Waals surface area contributed by atoms with Gasteiger partial charge in [0.25, 0.3) is 0 Å². The predicted octanol–water partition coefficient (Wildman–Crippen LogP) is 5.67. The van der Waals surface area contributed by atoms with Gasteiger partial charge in [-0.05, 0) is 69.3 Å². The van der Waals surface area contributed by atoms with E-state index >= 15 is 0 Å². The summed E-state index contributed by atoms with van der Waals surface area (Å²) in [7, 11) is 0. The molecule has 0 unspecified atom stereocenters. The predicted molar refractivity (Wildman–Crippen MR) is 99.6 cm³/mol. The molecule has 0 radical (unpaired) electrons. The Bertz CT molecular complexity index is 897. The minimum atomic E-state index is 0.603. The van der Waals surface area contributed by atoms with Crippen molar-refractivity contribution in [2.45, 2.75) is 19.4 Å². The Balaban J connectivity index is 1.67. The third-order valence-corrected chi connectivity index (χ3v) is 4.95. The molecule has 116 valence electrons. The zero-order valence-corrected chi connectivity index (χ0v) is 13.5. The van der Waals surface area contributed by atoms with Crippen LogP contribution in [0.2, 0.25) is 0 Å². The Labute approximate surface area is 141 Å². The minimum absolute atomic E-state index is 0.603. The van der Waals surface area contributed by atoms with Crippen molar-refractivity contribution in [3.05, 3.63) is 89.5 Å². The molecule has 6 bridgehead atoms. The van der Waals surface area contributed by atoms with Gasteiger partial charge in [-0.2, -0.15) is 0 Å². The van der Waals surface area contributed by atoms with E-state index in [1.807, 2.05) is 0 Å². The minimum Gasteiger partial charge on any atom is -0.489 e. The average molecular weight is 310 g/mol. The maximum atomic E-state index is 6.04. The summed E-state index contributed by atoms with van der Waals surface area (Å²) in [5.41, 5.74) is 3.99. The molecule has 0 amide bonds. The van der Waals surface area contributed by atoms with Crippen molar-refractivity contribution in [3.8, 4) is 5.75 Å². The Morgan fingerprint density at radius 1 is 0.500 bits per heavy atom. The lowest BCUT2D eigenvalue weighted by Gasteiger charge is -2.11. The van der Waals surface area contributed by atoms with Gasteiger partial charge in [0, 0.05) is 0 Å². The summed E-state index contributed by atoms with van der Waals surface area (Å²) in [6, 6.07) is 26.5. The quantitative estimate of drug-likeness (QED) is 0.406.